The average Bonchev–Trinajstić information content (AvgIpc) is 2.01. The van der Waals surface area contributed by atoms with E-state index in [2.05, 4.69) is 11.1 Å². The van der Waals surface area contributed by atoms with Gasteiger partial charge < -0.3 is 10.0 Å². The maximum atomic E-state index is 9.99. The fourth-order valence-corrected chi connectivity index (χ4v) is 1.37. The van der Waals surface area contributed by atoms with E-state index in [4.69, 9.17) is 0 Å². The van der Waals surface area contributed by atoms with E-state index < -0.39 is 10.4 Å². The minimum atomic E-state index is -4.47. The molecule has 0 heterocycles. The molecule has 7 heteroatoms. The molecule has 0 fully saturated rings. The van der Waals surface area contributed by atoms with Crippen LogP contribution in [0.25, 0.3) is 0 Å². The molecule has 2 N–H and O–H groups in total. The van der Waals surface area contributed by atoms with Gasteiger partial charge in [-0.3, -0.25) is 4.18 Å². The van der Waals surface area contributed by atoms with Gasteiger partial charge in [-0.2, -0.15) is 0 Å². The van der Waals surface area contributed by atoms with E-state index in [0.29, 0.717) is 6.42 Å². The number of rotatable bonds is 8. The van der Waals surface area contributed by atoms with Crippen LogP contribution >= 0.6 is 0 Å². The number of hydrogen-bond donors (Lipinski definition) is 0. The van der Waals surface area contributed by atoms with Crippen molar-refractivity contribution in [2.45, 2.75) is 45.4 Å². The molecular weight excluding hydrogens is 247 g/mol. The Morgan fingerprint density at radius 3 is 2.00 bits per heavy atom. The molecule has 0 radical (unpaired) electrons. The summed E-state index contributed by atoms with van der Waals surface area (Å²) < 4.78 is 34.0. The molecule has 88 valence electrons. The van der Waals surface area contributed by atoms with Crippen LogP contribution in [0.2, 0.25) is 0 Å². The van der Waals surface area contributed by atoms with Gasteiger partial charge in [0.1, 0.15) is 0 Å². The second-order valence-corrected chi connectivity index (χ2v) is 4.05. The Balaban J connectivity index is -0.000000720. The Morgan fingerprint density at radius 2 is 1.53 bits per heavy atom. The van der Waals surface area contributed by atoms with Crippen LogP contribution in [0.15, 0.2) is 0 Å². The molecule has 0 aliphatic carbocycles. The Labute approximate surface area is 135 Å². The van der Waals surface area contributed by atoms with E-state index in [-0.39, 0.29) is 63.5 Å². The van der Waals surface area contributed by atoms with Crippen molar-refractivity contribution >= 4 is 10.4 Å². The molecule has 0 aromatic rings. The van der Waals surface area contributed by atoms with Crippen LogP contribution in [0.1, 0.15) is 45.4 Å². The van der Waals surface area contributed by atoms with Gasteiger partial charge in [0, 0.05) is 0 Å². The predicted octanol–water partition coefficient (Wildman–Crippen LogP) is -2.00. The molecule has 0 unspecified atom stereocenters. The van der Waals surface area contributed by atoms with Gasteiger partial charge in [0.15, 0.2) is 0 Å². The van der Waals surface area contributed by atoms with Gasteiger partial charge in [-0.25, -0.2) is 8.42 Å². The molecule has 0 bridgehead atoms. The van der Waals surface area contributed by atoms with Gasteiger partial charge >= 0.3 is 51.4 Å². The summed E-state index contributed by atoms with van der Waals surface area (Å²) in [5, 5.41) is 0. The van der Waals surface area contributed by atoms with Crippen LogP contribution in [-0.2, 0) is 14.6 Å². The minimum absolute atomic E-state index is 0. The van der Waals surface area contributed by atoms with E-state index in [0.717, 1.165) is 12.8 Å². The third-order valence-corrected chi connectivity index (χ3v) is 2.18. The Bertz CT molecular complexity index is 205. The molecule has 0 aromatic heterocycles. The molecule has 0 saturated carbocycles. The van der Waals surface area contributed by atoms with Crippen LogP contribution in [-0.4, -0.2) is 25.1 Å². The molecule has 0 aliphatic rings. The van der Waals surface area contributed by atoms with E-state index in [1.165, 1.54) is 19.3 Å². The summed E-state index contributed by atoms with van der Waals surface area (Å²) in [4.78, 5) is 0. The van der Waals surface area contributed by atoms with Gasteiger partial charge in [-0.05, 0) is 6.42 Å². The summed E-state index contributed by atoms with van der Waals surface area (Å²) in [5.41, 5.74) is 0. The molecule has 0 amide bonds. The fourth-order valence-electron chi connectivity index (χ4n) is 1.04. The van der Waals surface area contributed by atoms with E-state index in [1.54, 1.807) is 0 Å². The Hall–Kier alpha value is 1.47. The predicted molar refractivity (Wildman–Crippen MR) is 52.6 cm³/mol. The van der Waals surface area contributed by atoms with Crippen LogP contribution in [0.4, 0.5) is 0 Å². The van der Waals surface area contributed by atoms with Crippen LogP contribution < -0.4 is 51.4 Å². The molecule has 0 spiro atoms. The zero-order valence-electron chi connectivity index (χ0n) is 9.49. The standard InChI is InChI=1S/C8H18O4S.K.H2O/c1-2-3-4-5-6-7-8-12-13(9,10)11;;/h2-8H2,1H3,(H,9,10,11);;1H2/q;+1;/p-1. The third-order valence-electron chi connectivity index (χ3n) is 1.73. The Morgan fingerprint density at radius 1 is 1.07 bits per heavy atom. The summed E-state index contributed by atoms with van der Waals surface area (Å²) in [6.45, 7) is 2.16. The van der Waals surface area contributed by atoms with Crippen LogP contribution in [0.3, 0.4) is 0 Å². The molecule has 15 heavy (non-hydrogen) atoms. The smallest absolute Gasteiger partial charge is 0.726 e. The molecule has 5 nitrogen and oxygen atoms in total. The largest absolute Gasteiger partial charge is 1.00 e. The molecule has 0 aromatic carbocycles. The summed E-state index contributed by atoms with van der Waals surface area (Å²) in [6.07, 6.45) is 6.21. The van der Waals surface area contributed by atoms with Crippen molar-refractivity contribution in [1.82, 2.24) is 0 Å². The summed E-state index contributed by atoms with van der Waals surface area (Å²) in [5.74, 6) is 0. The van der Waals surface area contributed by atoms with Crippen molar-refractivity contribution in [3.63, 3.8) is 0 Å². The first-order valence-electron chi connectivity index (χ1n) is 4.66. The fraction of sp³-hybridized carbons (Fsp3) is 1.00. The molecular formula is C8H19KO5S. The van der Waals surface area contributed by atoms with Gasteiger partial charge in [0.05, 0.1) is 6.61 Å². The number of hydrogen-bond acceptors (Lipinski definition) is 4. The van der Waals surface area contributed by atoms with Crippen molar-refractivity contribution in [3.8, 4) is 0 Å². The topological polar surface area (TPSA) is 97.9 Å². The zero-order chi connectivity index (χ0) is 10.2. The van der Waals surface area contributed by atoms with E-state index in [9.17, 15) is 13.0 Å². The number of unbranched alkanes of at least 4 members (excludes halogenated alkanes) is 5. The van der Waals surface area contributed by atoms with Crippen molar-refractivity contribution in [3.05, 3.63) is 0 Å². The van der Waals surface area contributed by atoms with Gasteiger partial charge in [-0.1, -0.05) is 39.0 Å². The van der Waals surface area contributed by atoms with E-state index >= 15 is 0 Å². The summed E-state index contributed by atoms with van der Waals surface area (Å²) in [6, 6.07) is 0. The summed E-state index contributed by atoms with van der Waals surface area (Å²) >= 11 is 0. The second-order valence-electron chi connectivity index (χ2n) is 3.00. The second kappa shape index (κ2) is 13.5. The van der Waals surface area contributed by atoms with Crippen molar-refractivity contribution in [2.75, 3.05) is 6.61 Å². The minimum Gasteiger partial charge on any atom is -0.726 e. The van der Waals surface area contributed by atoms with Gasteiger partial charge in [0.25, 0.3) is 0 Å². The maximum Gasteiger partial charge on any atom is 1.00 e. The first-order chi connectivity index (χ1) is 6.06. The van der Waals surface area contributed by atoms with Crippen molar-refractivity contribution < 1.29 is 74.0 Å². The molecule has 0 atom stereocenters. The third kappa shape index (κ3) is 21.3. The van der Waals surface area contributed by atoms with Crippen LogP contribution in [0.5, 0.6) is 0 Å². The van der Waals surface area contributed by atoms with E-state index in [1.807, 2.05) is 0 Å². The quantitative estimate of drug-likeness (QED) is 0.220. The monoisotopic (exact) mass is 266 g/mol. The molecule has 0 rings (SSSR count). The summed E-state index contributed by atoms with van der Waals surface area (Å²) in [7, 11) is -4.47. The first-order valence-corrected chi connectivity index (χ1v) is 6.00. The van der Waals surface area contributed by atoms with Crippen molar-refractivity contribution in [1.29, 1.82) is 0 Å². The molecule has 0 saturated heterocycles. The Kier molecular flexibility index (Phi) is 19.6. The first kappa shape index (κ1) is 21.7. The van der Waals surface area contributed by atoms with Crippen molar-refractivity contribution in [2.24, 2.45) is 0 Å². The van der Waals surface area contributed by atoms with Gasteiger partial charge in [-0.15, -0.1) is 0 Å². The molecule has 0 aliphatic heterocycles. The maximum absolute atomic E-state index is 9.99. The van der Waals surface area contributed by atoms with Crippen LogP contribution in [0, 0.1) is 0 Å². The zero-order valence-corrected chi connectivity index (χ0v) is 13.4. The van der Waals surface area contributed by atoms with Gasteiger partial charge in [0.2, 0.25) is 10.4 Å². The SMILES string of the molecule is CCCCCCCCOS(=O)(=O)[O-].O.[K+]. The normalized spacial score (nSPS) is 10.3. The average molecular weight is 266 g/mol.